The molecule has 1 aliphatic rings. The lowest BCUT2D eigenvalue weighted by Crippen LogP contribution is -2.15. The first-order chi connectivity index (χ1) is 9.18. The number of benzene rings is 2. The largest absolute Gasteiger partial charge is 0.493 e. The molecule has 2 heteroatoms. The molecule has 1 heterocycles. The van der Waals surface area contributed by atoms with Gasteiger partial charge < -0.3 is 10.5 Å². The molecule has 2 aromatic carbocycles. The first kappa shape index (κ1) is 12.2. The Morgan fingerprint density at radius 3 is 2.47 bits per heavy atom. The van der Waals surface area contributed by atoms with Gasteiger partial charge in [0, 0.05) is 12.0 Å². The van der Waals surface area contributed by atoms with Crippen molar-refractivity contribution in [2.24, 2.45) is 5.73 Å². The molecule has 0 fully saturated rings. The summed E-state index contributed by atoms with van der Waals surface area (Å²) in [7, 11) is 0. The number of aryl methyl sites for hydroxylation is 2. The van der Waals surface area contributed by atoms with E-state index in [0.717, 1.165) is 24.3 Å². The van der Waals surface area contributed by atoms with Crippen molar-refractivity contribution in [1.29, 1.82) is 0 Å². The Hall–Kier alpha value is -1.80. The minimum atomic E-state index is -0.116. The van der Waals surface area contributed by atoms with Gasteiger partial charge in [0.1, 0.15) is 5.75 Å². The van der Waals surface area contributed by atoms with Crippen LogP contribution in [0.1, 0.15) is 33.9 Å². The van der Waals surface area contributed by atoms with Crippen LogP contribution in [0.3, 0.4) is 0 Å². The molecule has 0 saturated heterocycles. The van der Waals surface area contributed by atoms with E-state index in [-0.39, 0.29) is 6.04 Å². The molecule has 0 bridgehead atoms. The molecule has 1 atom stereocenters. The quantitative estimate of drug-likeness (QED) is 0.891. The molecule has 0 aromatic heterocycles. The Labute approximate surface area is 114 Å². The van der Waals surface area contributed by atoms with Gasteiger partial charge in [-0.3, -0.25) is 0 Å². The van der Waals surface area contributed by atoms with E-state index < -0.39 is 0 Å². The summed E-state index contributed by atoms with van der Waals surface area (Å²) in [6.07, 6.45) is 0.989. The first-order valence-electron chi connectivity index (χ1n) is 6.75. The van der Waals surface area contributed by atoms with Crippen LogP contribution in [0.2, 0.25) is 0 Å². The van der Waals surface area contributed by atoms with Gasteiger partial charge in [-0.15, -0.1) is 0 Å². The van der Waals surface area contributed by atoms with Crippen LogP contribution in [0, 0.1) is 13.8 Å². The molecule has 2 N–H and O–H groups in total. The average Bonchev–Trinajstić information content (AvgIpc) is 2.86. The molecule has 3 rings (SSSR count). The summed E-state index contributed by atoms with van der Waals surface area (Å²) in [6, 6.07) is 12.5. The smallest absolute Gasteiger partial charge is 0.127 e. The zero-order valence-electron chi connectivity index (χ0n) is 11.4. The van der Waals surface area contributed by atoms with E-state index in [4.69, 9.17) is 10.5 Å². The highest BCUT2D eigenvalue weighted by atomic mass is 16.5. The fourth-order valence-corrected chi connectivity index (χ4v) is 2.96. The van der Waals surface area contributed by atoms with Crippen LogP contribution in [-0.4, -0.2) is 6.61 Å². The molecule has 2 aromatic rings. The molecular weight excluding hydrogens is 234 g/mol. The van der Waals surface area contributed by atoms with E-state index in [1.54, 1.807) is 0 Å². The SMILES string of the molecule is Cc1cccc(C)c1C(N)c1cccc2c1OCC2. The number of rotatable bonds is 2. The predicted molar refractivity (Wildman–Crippen MR) is 77.6 cm³/mol. The Morgan fingerprint density at radius 1 is 1.05 bits per heavy atom. The third kappa shape index (κ3) is 2.02. The van der Waals surface area contributed by atoms with Crippen LogP contribution in [0.4, 0.5) is 0 Å². The summed E-state index contributed by atoms with van der Waals surface area (Å²) < 4.78 is 5.77. The molecule has 98 valence electrons. The maximum absolute atomic E-state index is 6.51. The second kappa shape index (κ2) is 4.71. The van der Waals surface area contributed by atoms with Crippen LogP contribution in [-0.2, 0) is 6.42 Å². The molecule has 0 amide bonds. The summed E-state index contributed by atoms with van der Waals surface area (Å²) in [5.41, 5.74) is 12.6. The predicted octanol–water partition coefficient (Wildman–Crippen LogP) is 3.29. The number of ether oxygens (including phenoxy) is 1. The van der Waals surface area contributed by atoms with Gasteiger partial charge in [0.05, 0.1) is 12.6 Å². The van der Waals surface area contributed by atoms with Crippen molar-refractivity contribution in [2.45, 2.75) is 26.3 Å². The highest BCUT2D eigenvalue weighted by Crippen LogP contribution is 2.36. The van der Waals surface area contributed by atoms with E-state index in [2.05, 4.69) is 50.2 Å². The van der Waals surface area contributed by atoms with Crippen LogP contribution < -0.4 is 10.5 Å². The minimum Gasteiger partial charge on any atom is -0.493 e. The molecule has 0 spiro atoms. The average molecular weight is 253 g/mol. The zero-order chi connectivity index (χ0) is 13.4. The van der Waals surface area contributed by atoms with Gasteiger partial charge in [0.25, 0.3) is 0 Å². The van der Waals surface area contributed by atoms with Crippen molar-refractivity contribution in [3.05, 3.63) is 64.2 Å². The van der Waals surface area contributed by atoms with Crippen molar-refractivity contribution >= 4 is 0 Å². The number of nitrogens with two attached hydrogens (primary N) is 1. The third-order valence-electron chi connectivity index (χ3n) is 3.93. The summed E-state index contributed by atoms with van der Waals surface area (Å²) in [6.45, 7) is 5.00. The normalized spacial score (nSPS) is 14.9. The van der Waals surface area contributed by atoms with Crippen LogP contribution >= 0.6 is 0 Å². The fourth-order valence-electron chi connectivity index (χ4n) is 2.96. The van der Waals surface area contributed by atoms with Gasteiger partial charge in [-0.25, -0.2) is 0 Å². The zero-order valence-corrected chi connectivity index (χ0v) is 11.4. The molecule has 1 unspecified atom stereocenters. The van der Waals surface area contributed by atoms with Gasteiger partial charge in [-0.2, -0.15) is 0 Å². The Kier molecular flexibility index (Phi) is 3.03. The van der Waals surface area contributed by atoms with Gasteiger partial charge in [0.2, 0.25) is 0 Å². The van der Waals surface area contributed by atoms with Crippen molar-refractivity contribution in [3.8, 4) is 5.75 Å². The highest BCUT2D eigenvalue weighted by Gasteiger charge is 2.22. The van der Waals surface area contributed by atoms with E-state index in [0.29, 0.717) is 0 Å². The number of hydrogen-bond acceptors (Lipinski definition) is 2. The van der Waals surface area contributed by atoms with Crippen molar-refractivity contribution < 1.29 is 4.74 Å². The van der Waals surface area contributed by atoms with Crippen LogP contribution in [0.15, 0.2) is 36.4 Å². The maximum Gasteiger partial charge on any atom is 0.127 e. The van der Waals surface area contributed by atoms with Gasteiger partial charge in [-0.1, -0.05) is 36.4 Å². The van der Waals surface area contributed by atoms with E-state index in [1.807, 2.05) is 0 Å². The van der Waals surface area contributed by atoms with Crippen molar-refractivity contribution in [3.63, 3.8) is 0 Å². The first-order valence-corrected chi connectivity index (χ1v) is 6.75. The standard InChI is InChI=1S/C17H19NO/c1-11-5-3-6-12(2)15(11)16(18)14-8-4-7-13-9-10-19-17(13)14/h3-8,16H,9-10,18H2,1-2H3. The lowest BCUT2D eigenvalue weighted by molar-refractivity contribution is 0.352. The van der Waals surface area contributed by atoms with Gasteiger partial charge >= 0.3 is 0 Å². The van der Waals surface area contributed by atoms with Crippen LogP contribution in [0.5, 0.6) is 5.75 Å². The minimum absolute atomic E-state index is 0.116. The summed E-state index contributed by atoms with van der Waals surface area (Å²) >= 11 is 0. The monoisotopic (exact) mass is 253 g/mol. The van der Waals surface area contributed by atoms with E-state index >= 15 is 0 Å². The molecule has 1 aliphatic heterocycles. The van der Waals surface area contributed by atoms with E-state index in [1.165, 1.54) is 22.3 Å². The number of hydrogen-bond donors (Lipinski definition) is 1. The number of para-hydroxylation sites is 1. The Balaban J connectivity index is 2.10. The highest BCUT2D eigenvalue weighted by molar-refractivity contribution is 5.51. The van der Waals surface area contributed by atoms with Crippen molar-refractivity contribution in [1.82, 2.24) is 0 Å². The Bertz CT molecular complexity index is 598. The van der Waals surface area contributed by atoms with Gasteiger partial charge in [-0.05, 0) is 36.1 Å². The second-order valence-electron chi connectivity index (χ2n) is 5.22. The lowest BCUT2D eigenvalue weighted by atomic mass is 9.90. The number of fused-ring (bicyclic) bond motifs is 1. The summed E-state index contributed by atoms with van der Waals surface area (Å²) in [5.74, 6) is 0.998. The summed E-state index contributed by atoms with van der Waals surface area (Å²) in [5, 5.41) is 0. The third-order valence-corrected chi connectivity index (χ3v) is 3.93. The molecule has 0 aliphatic carbocycles. The van der Waals surface area contributed by atoms with Crippen LogP contribution in [0.25, 0.3) is 0 Å². The lowest BCUT2D eigenvalue weighted by Gasteiger charge is -2.20. The van der Waals surface area contributed by atoms with Crippen molar-refractivity contribution in [2.75, 3.05) is 6.61 Å². The fraction of sp³-hybridized carbons (Fsp3) is 0.294. The Morgan fingerprint density at radius 2 is 1.74 bits per heavy atom. The maximum atomic E-state index is 6.51. The second-order valence-corrected chi connectivity index (χ2v) is 5.22. The molecular formula is C17H19NO. The van der Waals surface area contributed by atoms with Gasteiger partial charge in [0.15, 0.2) is 0 Å². The van der Waals surface area contributed by atoms with E-state index in [9.17, 15) is 0 Å². The molecule has 19 heavy (non-hydrogen) atoms. The molecule has 0 saturated carbocycles. The molecule has 2 nitrogen and oxygen atoms in total. The topological polar surface area (TPSA) is 35.2 Å². The summed E-state index contributed by atoms with van der Waals surface area (Å²) in [4.78, 5) is 0. The molecule has 0 radical (unpaired) electrons.